The van der Waals surface area contributed by atoms with Crippen molar-refractivity contribution in [3.8, 4) is 16.9 Å². The third kappa shape index (κ3) is 3.96. The average molecular weight is 477 g/mol. The van der Waals surface area contributed by atoms with Gasteiger partial charge in [-0.3, -0.25) is 4.79 Å². The Labute approximate surface area is 194 Å². The topological polar surface area (TPSA) is 35.5 Å². The standard InChI is InChI=1S/C25H20Cl2F2O3/c1-2-31-19-11-9-18(10-12-19)24(15-25(24,26)27)23(30)32-14-17-8-13-20(28)21(22(17)29)16-6-4-3-5-7-16/h3-13H,2,14-15H2,1H3. The van der Waals surface area contributed by atoms with Gasteiger partial charge < -0.3 is 9.47 Å². The fourth-order valence-corrected chi connectivity index (χ4v) is 4.56. The molecule has 166 valence electrons. The Hall–Kier alpha value is -2.63. The maximum Gasteiger partial charge on any atom is 0.320 e. The molecule has 1 aliphatic carbocycles. The van der Waals surface area contributed by atoms with Crippen molar-refractivity contribution in [1.82, 2.24) is 0 Å². The second-order valence-corrected chi connectivity index (χ2v) is 9.07. The number of esters is 1. The molecule has 0 spiro atoms. The SMILES string of the molecule is CCOc1ccc(C2(C(=O)OCc3ccc(F)c(-c4ccccc4)c3F)CC2(Cl)Cl)cc1. The number of rotatable bonds is 7. The van der Waals surface area contributed by atoms with Gasteiger partial charge in [-0.15, -0.1) is 0 Å². The summed E-state index contributed by atoms with van der Waals surface area (Å²) in [5.74, 6) is -1.50. The van der Waals surface area contributed by atoms with Crippen molar-refractivity contribution in [2.24, 2.45) is 0 Å². The van der Waals surface area contributed by atoms with Crippen molar-refractivity contribution in [3.63, 3.8) is 0 Å². The van der Waals surface area contributed by atoms with Crippen LogP contribution >= 0.6 is 23.2 Å². The molecule has 32 heavy (non-hydrogen) atoms. The molecule has 0 heterocycles. The number of hydrogen-bond donors (Lipinski definition) is 0. The second kappa shape index (κ2) is 8.72. The van der Waals surface area contributed by atoms with Gasteiger partial charge in [0.2, 0.25) is 0 Å². The molecular formula is C25H20Cl2F2O3. The Balaban J connectivity index is 1.57. The second-order valence-electron chi connectivity index (χ2n) is 7.58. The van der Waals surface area contributed by atoms with E-state index in [9.17, 15) is 9.18 Å². The minimum atomic E-state index is -1.34. The highest BCUT2D eigenvalue weighted by Gasteiger charge is 2.73. The van der Waals surface area contributed by atoms with Gasteiger partial charge in [0, 0.05) is 12.0 Å². The minimum Gasteiger partial charge on any atom is -0.494 e. The summed E-state index contributed by atoms with van der Waals surface area (Å²) in [5, 5.41) is 0. The zero-order valence-corrected chi connectivity index (χ0v) is 18.7. The lowest BCUT2D eigenvalue weighted by molar-refractivity contribution is -0.148. The maximum atomic E-state index is 15.1. The van der Waals surface area contributed by atoms with Crippen LogP contribution in [0.2, 0.25) is 0 Å². The fourth-order valence-electron chi connectivity index (χ4n) is 3.79. The summed E-state index contributed by atoms with van der Waals surface area (Å²) in [6.45, 7) is 2.00. The van der Waals surface area contributed by atoms with Gasteiger partial charge in [0.15, 0.2) is 0 Å². The highest BCUT2D eigenvalue weighted by Crippen LogP contribution is 2.65. The monoisotopic (exact) mass is 476 g/mol. The van der Waals surface area contributed by atoms with Crippen LogP contribution in [-0.4, -0.2) is 16.9 Å². The van der Waals surface area contributed by atoms with E-state index in [2.05, 4.69) is 0 Å². The summed E-state index contributed by atoms with van der Waals surface area (Å²) in [4.78, 5) is 13.0. The Morgan fingerprint density at radius 3 is 2.25 bits per heavy atom. The van der Waals surface area contributed by atoms with Gasteiger partial charge in [0.05, 0.1) is 12.2 Å². The maximum absolute atomic E-state index is 15.1. The van der Waals surface area contributed by atoms with Crippen LogP contribution in [0.3, 0.4) is 0 Å². The van der Waals surface area contributed by atoms with Crippen molar-refractivity contribution < 1.29 is 23.0 Å². The van der Waals surface area contributed by atoms with E-state index >= 15 is 4.39 Å². The van der Waals surface area contributed by atoms with Crippen LogP contribution in [0.4, 0.5) is 8.78 Å². The molecule has 1 atom stereocenters. The normalized spacial score (nSPS) is 18.8. The minimum absolute atomic E-state index is 0.0517. The Bertz CT molecular complexity index is 1130. The Kier molecular flexibility index (Phi) is 6.15. The third-order valence-corrected chi connectivity index (χ3v) is 6.50. The molecule has 0 saturated heterocycles. The first kappa shape index (κ1) is 22.6. The van der Waals surface area contributed by atoms with Gasteiger partial charge in [-0.25, -0.2) is 8.78 Å². The first-order valence-electron chi connectivity index (χ1n) is 10.1. The van der Waals surface area contributed by atoms with Crippen molar-refractivity contribution in [2.45, 2.75) is 29.7 Å². The third-order valence-electron chi connectivity index (χ3n) is 5.59. The lowest BCUT2D eigenvalue weighted by Gasteiger charge is -2.18. The number of carbonyl (C=O) groups is 1. The summed E-state index contributed by atoms with van der Waals surface area (Å²) >= 11 is 12.7. The lowest BCUT2D eigenvalue weighted by atomic mass is 9.96. The number of benzene rings is 3. The molecule has 3 aromatic rings. The Morgan fingerprint density at radius 2 is 1.66 bits per heavy atom. The van der Waals surface area contributed by atoms with Crippen molar-refractivity contribution in [1.29, 1.82) is 0 Å². The molecule has 1 unspecified atom stereocenters. The Morgan fingerprint density at radius 1 is 1.00 bits per heavy atom. The quantitative estimate of drug-likeness (QED) is 0.285. The van der Waals surface area contributed by atoms with Crippen LogP contribution in [0.15, 0.2) is 66.7 Å². The molecular weight excluding hydrogens is 457 g/mol. The molecule has 4 rings (SSSR count). The molecule has 0 aliphatic heterocycles. The molecule has 3 aromatic carbocycles. The van der Waals surface area contributed by atoms with E-state index in [0.29, 0.717) is 23.5 Å². The van der Waals surface area contributed by atoms with Gasteiger partial charge in [0.25, 0.3) is 0 Å². The molecule has 1 saturated carbocycles. The summed E-state index contributed by atoms with van der Waals surface area (Å²) < 4.78 is 38.9. The molecule has 0 radical (unpaired) electrons. The highest BCUT2D eigenvalue weighted by molar-refractivity contribution is 6.54. The van der Waals surface area contributed by atoms with E-state index in [1.165, 1.54) is 6.07 Å². The molecule has 0 N–H and O–H groups in total. The number of hydrogen-bond acceptors (Lipinski definition) is 3. The molecule has 1 aliphatic rings. The van der Waals surface area contributed by atoms with Crippen molar-refractivity contribution >= 4 is 29.2 Å². The van der Waals surface area contributed by atoms with E-state index in [-0.39, 0.29) is 24.2 Å². The van der Waals surface area contributed by atoms with Crippen LogP contribution in [0.5, 0.6) is 5.75 Å². The molecule has 0 amide bonds. The first-order valence-corrected chi connectivity index (χ1v) is 10.9. The summed E-state index contributed by atoms with van der Waals surface area (Å²) in [5.41, 5.74) is -0.406. The first-order chi connectivity index (χ1) is 15.3. The van der Waals surface area contributed by atoms with Crippen LogP contribution in [0.1, 0.15) is 24.5 Å². The van der Waals surface area contributed by atoms with Crippen LogP contribution < -0.4 is 4.74 Å². The molecule has 0 aromatic heterocycles. The molecule has 3 nitrogen and oxygen atoms in total. The molecule has 0 bridgehead atoms. The summed E-state index contributed by atoms with van der Waals surface area (Å²) in [6, 6.07) is 17.6. The average Bonchev–Trinajstić information content (AvgIpc) is 3.38. The number of alkyl halides is 2. The number of ether oxygens (including phenoxy) is 2. The van der Waals surface area contributed by atoms with Gasteiger partial charge in [-0.2, -0.15) is 0 Å². The smallest absolute Gasteiger partial charge is 0.320 e. The van der Waals surface area contributed by atoms with E-state index < -0.39 is 27.4 Å². The van der Waals surface area contributed by atoms with Gasteiger partial charge in [-0.05, 0) is 42.3 Å². The molecule has 1 fully saturated rings. The van der Waals surface area contributed by atoms with Gasteiger partial charge in [0.1, 0.15) is 33.7 Å². The fraction of sp³-hybridized carbons (Fsp3) is 0.240. The largest absolute Gasteiger partial charge is 0.494 e. The van der Waals surface area contributed by atoms with Gasteiger partial charge >= 0.3 is 5.97 Å². The van der Waals surface area contributed by atoms with Crippen LogP contribution in [0.25, 0.3) is 11.1 Å². The van der Waals surface area contributed by atoms with Gasteiger partial charge in [-0.1, -0.05) is 65.7 Å². The zero-order valence-electron chi connectivity index (χ0n) is 17.2. The van der Waals surface area contributed by atoms with Crippen LogP contribution in [0, 0.1) is 11.6 Å². The summed E-state index contributed by atoms with van der Waals surface area (Å²) in [7, 11) is 0. The predicted molar refractivity (Wildman–Crippen MR) is 120 cm³/mol. The van der Waals surface area contributed by atoms with E-state index in [1.54, 1.807) is 54.6 Å². The van der Waals surface area contributed by atoms with E-state index in [0.717, 1.165) is 6.07 Å². The summed E-state index contributed by atoms with van der Waals surface area (Å²) in [6.07, 6.45) is 0.164. The molecule has 7 heteroatoms. The van der Waals surface area contributed by atoms with E-state index in [1.807, 2.05) is 6.92 Å². The predicted octanol–water partition coefficient (Wildman–Crippen LogP) is 6.59. The van der Waals surface area contributed by atoms with Crippen molar-refractivity contribution in [3.05, 3.63) is 89.5 Å². The van der Waals surface area contributed by atoms with Crippen molar-refractivity contribution in [2.75, 3.05) is 6.61 Å². The van der Waals surface area contributed by atoms with Crippen LogP contribution in [-0.2, 0) is 21.6 Å². The number of carbonyl (C=O) groups excluding carboxylic acids is 1. The number of halogens is 4. The van der Waals surface area contributed by atoms with E-state index in [4.69, 9.17) is 32.7 Å². The lowest BCUT2D eigenvalue weighted by Crippen LogP contribution is -2.29. The highest BCUT2D eigenvalue weighted by atomic mass is 35.5. The zero-order chi connectivity index (χ0) is 22.9.